The first-order chi connectivity index (χ1) is 11.3. The van der Waals surface area contributed by atoms with Crippen molar-refractivity contribution in [1.29, 1.82) is 0 Å². The van der Waals surface area contributed by atoms with Crippen molar-refractivity contribution in [1.82, 2.24) is 5.32 Å². The second kappa shape index (κ2) is 8.00. The highest BCUT2D eigenvalue weighted by molar-refractivity contribution is 6.30. The van der Waals surface area contributed by atoms with Gasteiger partial charge in [-0.25, -0.2) is 0 Å². The van der Waals surface area contributed by atoms with Crippen LogP contribution < -0.4 is 5.32 Å². The van der Waals surface area contributed by atoms with Gasteiger partial charge in [-0.2, -0.15) is 0 Å². The molecule has 3 heteroatoms. The predicted octanol–water partition coefficient (Wildman–Crippen LogP) is 5.32. The molecular weight excluding hydrogens is 306 g/mol. The number of halogens is 1. The van der Waals surface area contributed by atoms with Gasteiger partial charge in [0.2, 0.25) is 0 Å². The molecule has 23 heavy (non-hydrogen) atoms. The molecule has 0 atom stereocenters. The fourth-order valence-electron chi connectivity index (χ4n) is 2.52. The van der Waals surface area contributed by atoms with E-state index in [-0.39, 0.29) is 0 Å². The maximum absolute atomic E-state index is 5.91. The van der Waals surface area contributed by atoms with E-state index >= 15 is 0 Å². The molecule has 0 amide bonds. The number of benzene rings is 2. The summed E-state index contributed by atoms with van der Waals surface area (Å²) in [5.41, 5.74) is 2.43. The van der Waals surface area contributed by atoms with Gasteiger partial charge >= 0.3 is 0 Å². The van der Waals surface area contributed by atoms with Gasteiger partial charge in [0.1, 0.15) is 11.5 Å². The Labute approximate surface area is 142 Å². The monoisotopic (exact) mass is 325 g/mol. The first kappa shape index (κ1) is 15.9. The number of hydrogen-bond donors (Lipinski definition) is 1. The lowest BCUT2D eigenvalue weighted by Gasteiger charge is -2.03. The van der Waals surface area contributed by atoms with E-state index in [1.54, 1.807) is 0 Å². The number of furan rings is 1. The molecule has 0 bridgehead atoms. The molecule has 3 aromatic rings. The molecule has 0 radical (unpaired) electrons. The van der Waals surface area contributed by atoms with E-state index in [4.69, 9.17) is 16.0 Å². The topological polar surface area (TPSA) is 25.2 Å². The van der Waals surface area contributed by atoms with Crippen LogP contribution in [0, 0.1) is 0 Å². The van der Waals surface area contributed by atoms with E-state index in [2.05, 4.69) is 35.6 Å². The molecule has 3 rings (SSSR count). The van der Waals surface area contributed by atoms with Crippen LogP contribution in [0.2, 0.25) is 5.02 Å². The van der Waals surface area contributed by atoms with Gasteiger partial charge in [0.05, 0.1) is 6.54 Å². The van der Waals surface area contributed by atoms with E-state index in [1.165, 1.54) is 5.56 Å². The molecule has 0 unspecified atom stereocenters. The Morgan fingerprint density at radius 2 is 1.65 bits per heavy atom. The average Bonchev–Trinajstić information content (AvgIpc) is 3.05. The standard InChI is InChI=1S/C20H20ClNO/c21-18-10-8-17(9-11-18)20-13-12-19(23-20)15-22-14-4-7-16-5-2-1-3-6-16/h1-3,5-6,8-13,22H,4,7,14-15H2. The maximum atomic E-state index is 5.91. The van der Waals surface area contributed by atoms with Gasteiger partial charge in [-0.15, -0.1) is 0 Å². The zero-order chi connectivity index (χ0) is 15.9. The van der Waals surface area contributed by atoms with Crippen molar-refractivity contribution >= 4 is 11.6 Å². The molecular formula is C20H20ClNO. The molecule has 0 aliphatic heterocycles. The molecule has 1 aromatic heterocycles. The van der Waals surface area contributed by atoms with E-state index in [0.717, 1.165) is 48.0 Å². The lowest BCUT2D eigenvalue weighted by molar-refractivity contribution is 0.491. The van der Waals surface area contributed by atoms with E-state index in [9.17, 15) is 0 Å². The Morgan fingerprint density at radius 3 is 2.43 bits per heavy atom. The first-order valence-corrected chi connectivity index (χ1v) is 8.28. The van der Waals surface area contributed by atoms with Crippen LogP contribution >= 0.6 is 11.6 Å². The molecule has 2 aromatic carbocycles. The predicted molar refractivity (Wildman–Crippen MR) is 95.6 cm³/mol. The highest BCUT2D eigenvalue weighted by Crippen LogP contribution is 2.23. The van der Waals surface area contributed by atoms with Crippen LogP contribution in [0.3, 0.4) is 0 Å². The highest BCUT2D eigenvalue weighted by Gasteiger charge is 2.04. The van der Waals surface area contributed by atoms with Gasteiger partial charge in [0.25, 0.3) is 0 Å². The fourth-order valence-corrected chi connectivity index (χ4v) is 2.64. The minimum atomic E-state index is 0.737. The summed E-state index contributed by atoms with van der Waals surface area (Å²) in [5, 5.41) is 4.17. The van der Waals surface area contributed by atoms with Crippen LogP contribution in [-0.2, 0) is 13.0 Å². The van der Waals surface area contributed by atoms with Crippen LogP contribution in [0.15, 0.2) is 71.1 Å². The average molecular weight is 326 g/mol. The molecule has 0 saturated carbocycles. The van der Waals surface area contributed by atoms with Gasteiger partial charge in [0.15, 0.2) is 0 Å². The second-order valence-corrected chi connectivity index (χ2v) is 5.98. The SMILES string of the molecule is Clc1ccc(-c2ccc(CNCCCc3ccccc3)o2)cc1. The van der Waals surface area contributed by atoms with Crippen molar-refractivity contribution in [2.45, 2.75) is 19.4 Å². The smallest absolute Gasteiger partial charge is 0.134 e. The number of aryl methyl sites for hydroxylation is 1. The number of rotatable bonds is 7. The highest BCUT2D eigenvalue weighted by atomic mass is 35.5. The summed E-state index contributed by atoms with van der Waals surface area (Å²) in [4.78, 5) is 0. The molecule has 2 nitrogen and oxygen atoms in total. The Bertz CT molecular complexity index is 719. The summed E-state index contributed by atoms with van der Waals surface area (Å²) in [6, 6.07) is 22.3. The van der Waals surface area contributed by atoms with Crippen molar-refractivity contribution in [3.8, 4) is 11.3 Å². The van der Waals surface area contributed by atoms with Crippen molar-refractivity contribution in [3.05, 3.63) is 83.1 Å². The molecule has 0 aliphatic rings. The minimum absolute atomic E-state index is 0.737. The second-order valence-electron chi connectivity index (χ2n) is 5.54. The Kier molecular flexibility index (Phi) is 5.51. The van der Waals surface area contributed by atoms with E-state index in [1.807, 2.05) is 36.4 Å². The molecule has 0 fully saturated rings. The number of hydrogen-bond acceptors (Lipinski definition) is 2. The van der Waals surface area contributed by atoms with Crippen molar-refractivity contribution in [2.75, 3.05) is 6.54 Å². The molecule has 1 heterocycles. The minimum Gasteiger partial charge on any atom is -0.460 e. The summed E-state index contributed by atoms with van der Waals surface area (Å²) in [6.45, 7) is 1.73. The summed E-state index contributed by atoms with van der Waals surface area (Å²) in [6.07, 6.45) is 2.22. The zero-order valence-electron chi connectivity index (χ0n) is 13.0. The number of nitrogens with one attached hydrogen (secondary N) is 1. The van der Waals surface area contributed by atoms with Crippen LogP contribution in [0.5, 0.6) is 0 Å². The lowest BCUT2D eigenvalue weighted by atomic mass is 10.1. The summed E-state index contributed by atoms with van der Waals surface area (Å²) >= 11 is 5.91. The van der Waals surface area contributed by atoms with Gasteiger partial charge in [-0.1, -0.05) is 41.9 Å². The Hall–Kier alpha value is -2.03. The third kappa shape index (κ3) is 4.72. The first-order valence-electron chi connectivity index (χ1n) is 7.90. The lowest BCUT2D eigenvalue weighted by Crippen LogP contribution is -2.14. The molecule has 0 aliphatic carbocycles. The Morgan fingerprint density at radius 1 is 0.870 bits per heavy atom. The van der Waals surface area contributed by atoms with Crippen molar-refractivity contribution in [3.63, 3.8) is 0 Å². The molecule has 0 saturated heterocycles. The largest absolute Gasteiger partial charge is 0.460 e. The van der Waals surface area contributed by atoms with Crippen LogP contribution in [0.4, 0.5) is 0 Å². The summed E-state index contributed by atoms with van der Waals surface area (Å²) in [7, 11) is 0. The van der Waals surface area contributed by atoms with Crippen molar-refractivity contribution in [2.24, 2.45) is 0 Å². The van der Waals surface area contributed by atoms with Gasteiger partial charge in [-0.3, -0.25) is 0 Å². The van der Waals surface area contributed by atoms with Crippen LogP contribution in [0.1, 0.15) is 17.7 Å². The fraction of sp³-hybridized carbons (Fsp3) is 0.200. The molecule has 0 spiro atoms. The van der Waals surface area contributed by atoms with Gasteiger partial charge < -0.3 is 9.73 Å². The third-order valence-electron chi connectivity index (χ3n) is 3.75. The molecule has 1 N–H and O–H groups in total. The van der Waals surface area contributed by atoms with Gasteiger partial charge in [0, 0.05) is 10.6 Å². The van der Waals surface area contributed by atoms with Crippen LogP contribution in [0.25, 0.3) is 11.3 Å². The van der Waals surface area contributed by atoms with Crippen LogP contribution in [-0.4, -0.2) is 6.54 Å². The summed E-state index contributed by atoms with van der Waals surface area (Å²) < 4.78 is 5.87. The Balaban J connectivity index is 1.43. The summed E-state index contributed by atoms with van der Waals surface area (Å²) in [5.74, 6) is 1.83. The maximum Gasteiger partial charge on any atom is 0.134 e. The molecule has 118 valence electrons. The normalized spacial score (nSPS) is 10.8. The third-order valence-corrected chi connectivity index (χ3v) is 4.00. The van der Waals surface area contributed by atoms with E-state index < -0.39 is 0 Å². The van der Waals surface area contributed by atoms with Crippen molar-refractivity contribution < 1.29 is 4.42 Å². The van der Waals surface area contributed by atoms with E-state index in [0.29, 0.717) is 0 Å². The quantitative estimate of drug-likeness (QED) is 0.594. The zero-order valence-corrected chi connectivity index (χ0v) is 13.7. The van der Waals surface area contributed by atoms with Gasteiger partial charge in [-0.05, 0) is 61.3 Å².